The molecule has 0 radical (unpaired) electrons. The zero-order chi connectivity index (χ0) is 19.7. The van der Waals surface area contributed by atoms with Crippen LogP contribution < -0.4 is 9.80 Å². The van der Waals surface area contributed by atoms with Crippen LogP contribution in [0.1, 0.15) is 25.6 Å². The van der Waals surface area contributed by atoms with Gasteiger partial charge in [0.2, 0.25) is 0 Å². The summed E-state index contributed by atoms with van der Waals surface area (Å²) in [7, 11) is -3.57. The first-order chi connectivity index (χ1) is 13.5. The Kier molecular flexibility index (Phi) is 5.24. The molecule has 2 aliphatic rings. The summed E-state index contributed by atoms with van der Waals surface area (Å²) in [6.45, 7) is 8.61. The van der Waals surface area contributed by atoms with Crippen LogP contribution in [0.3, 0.4) is 0 Å². The number of aromatic nitrogens is 4. The quantitative estimate of drug-likeness (QED) is 0.736. The van der Waals surface area contributed by atoms with E-state index in [1.165, 1.54) is 17.1 Å². The summed E-state index contributed by atoms with van der Waals surface area (Å²) >= 11 is 0. The number of hydrogen-bond donors (Lipinski definition) is 0. The Labute approximate surface area is 166 Å². The van der Waals surface area contributed by atoms with Gasteiger partial charge in [0.05, 0.1) is 0 Å². The average molecular weight is 406 g/mol. The third-order valence-corrected chi connectivity index (χ3v) is 7.30. The van der Waals surface area contributed by atoms with Crippen LogP contribution >= 0.6 is 0 Å². The molecule has 2 aliphatic heterocycles. The van der Waals surface area contributed by atoms with E-state index >= 15 is 0 Å². The first-order valence-corrected chi connectivity index (χ1v) is 11.3. The molecule has 152 valence electrons. The van der Waals surface area contributed by atoms with Gasteiger partial charge in [-0.05, 0) is 26.7 Å². The Morgan fingerprint density at radius 3 is 2.14 bits per heavy atom. The Hall–Kier alpha value is -2.20. The van der Waals surface area contributed by atoms with Crippen LogP contribution in [0, 0.1) is 6.92 Å². The summed E-state index contributed by atoms with van der Waals surface area (Å²) in [6, 6.07) is 2.02. The van der Waals surface area contributed by atoms with Gasteiger partial charge in [-0.25, -0.2) is 23.4 Å². The van der Waals surface area contributed by atoms with Crippen molar-refractivity contribution in [2.75, 3.05) is 49.1 Å². The molecule has 2 aromatic heterocycles. The third kappa shape index (κ3) is 3.58. The lowest BCUT2D eigenvalue weighted by Crippen LogP contribution is -2.49. The number of nitrogens with zero attached hydrogens (tertiary/aromatic N) is 7. The number of sulfonamides is 1. The molecule has 0 bridgehead atoms. The van der Waals surface area contributed by atoms with E-state index in [1.54, 1.807) is 12.5 Å². The molecule has 2 aromatic rings. The van der Waals surface area contributed by atoms with E-state index < -0.39 is 10.0 Å². The van der Waals surface area contributed by atoms with Crippen LogP contribution in [-0.4, -0.2) is 71.5 Å². The summed E-state index contributed by atoms with van der Waals surface area (Å²) in [5, 5.41) is 0.138. The zero-order valence-corrected chi connectivity index (χ0v) is 17.3. The van der Waals surface area contributed by atoms with Crippen LogP contribution in [-0.2, 0) is 16.6 Å². The summed E-state index contributed by atoms with van der Waals surface area (Å²) in [6.07, 6.45) is 5.63. The number of rotatable bonds is 5. The van der Waals surface area contributed by atoms with Gasteiger partial charge in [0.1, 0.15) is 23.8 Å². The van der Waals surface area contributed by atoms with E-state index in [4.69, 9.17) is 0 Å². The van der Waals surface area contributed by atoms with Gasteiger partial charge in [0.25, 0.3) is 10.0 Å². The molecule has 10 heteroatoms. The highest BCUT2D eigenvalue weighted by Gasteiger charge is 2.31. The third-order valence-electron chi connectivity index (χ3n) is 5.53. The van der Waals surface area contributed by atoms with Crippen molar-refractivity contribution in [3.05, 3.63) is 24.4 Å². The molecule has 9 nitrogen and oxygen atoms in total. The molecule has 0 aromatic carbocycles. The van der Waals surface area contributed by atoms with Crippen molar-refractivity contribution >= 4 is 21.7 Å². The van der Waals surface area contributed by atoms with Crippen LogP contribution in [0.4, 0.5) is 11.6 Å². The smallest absolute Gasteiger partial charge is 0.262 e. The van der Waals surface area contributed by atoms with Crippen molar-refractivity contribution in [2.24, 2.45) is 0 Å². The zero-order valence-electron chi connectivity index (χ0n) is 16.5. The Morgan fingerprint density at radius 1 is 0.964 bits per heavy atom. The van der Waals surface area contributed by atoms with Crippen molar-refractivity contribution in [2.45, 2.75) is 38.3 Å². The maximum absolute atomic E-state index is 12.9. The SMILES string of the molecule is CCn1cc(S(=O)(=O)N2CCN(c3cc(N4CCCC4)ncn3)CC2)nc1C. The molecule has 4 rings (SSSR count). The van der Waals surface area contributed by atoms with Gasteiger partial charge in [-0.2, -0.15) is 4.31 Å². The van der Waals surface area contributed by atoms with Gasteiger partial charge in [0.15, 0.2) is 5.03 Å². The van der Waals surface area contributed by atoms with Crippen LogP contribution in [0.25, 0.3) is 0 Å². The topological polar surface area (TPSA) is 87.5 Å². The van der Waals surface area contributed by atoms with Gasteiger partial charge in [0, 0.05) is 58.1 Å². The normalized spacial score (nSPS) is 18.8. The van der Waals surface area contributed by atoms with E-state index in [-0.39, 0.29) is 5.03 Å². The Balaban J connectivity index is 1.45. The Morgan fingerprint density at radius 2 is 1.57 bits per heavy atom. The summed E-state index contributed by atoms with van der Waals surface area (Å²) in [5.74, 6) is 2.54. The number of piperazine rings is 1. The average Bonchev–Trinajstić information content (AvgIpc) is 3.38. The maximum atomic E-state index is 12.9. The van der Waals surface area contributed by atoms with Gasteiger partial charge in [-0.3, -0.25) is 0 Å². The van der Waals surface area contributed by atoms with Crippen LogP contribution in [0.5, 0.6) is 0 Å². The molecule has 28 heavy (non-hydrogen) atoms. The lowest BCUT2D eigenvalue weighted by Gasteiger charge is -2.34. The van der Waals surface area contributed by atoms with E-state index in [2.05, 4.69) is 24.8 Å². The lowest BCUT2D eigenvalue weighted by molar-refractivity contribution is 0.382. The molecule has 0 aliphatic carbocycles. The van der Waals surface area contributed by atoms with Crippen molar-refractivity contribution in [1.29, 1.82) is 0 Å². The molecule has 4 heterocycles. The minimum Gasteiger partial charge on any atom is -0.356 e. The first kappa shape index (κ1) is 19.1. The number of aryl methyl sites for hydroxylation is 2. The Bertz CT molecular complexity index is 929. The molecule has 0 saturated carbocycles. The molecular weight excluding hydrogens is 378 g/mol. The van der Waals surface area contributed by atoms with Crippen molar-refractivity contribution < 1.29 is 8.42 Å². The van der Waals surface area contributed by atoms with E-state index in [0.29, 0.717) is 32.7 Å². The van der Waals surface area contributed by atoms with Crippen molar-refractivity contribution in [1.82, 2.24) is 23.8 Å². The summed E-state index contributed by atoms with van der Waals surface area (Å²) in [5.41, 5.74) is 0. The van der Waals surface area contributed by atoms with Gasteiger partial charge in [-0.15, -0.1) is 0 Å². The van der Waals surface area contributed by atoms with Gasteiger partial charge in [-0.1, -0.05) is 0 Å². The first-order valence-electron chi connectivity index (χ1n) is 9.85. The van der Waals surface area contributed by atoms with E-state index in [0.717, 1.165) is 30.5 Å². The monoisotopic (exact) mass is 405 g/mol. The summed E-state index contributed by atoms with van der Waals surface area (Å²) < 4.78 is 29.3. The predicted octanol–water partition coefficient (Wildman–Crippen LogP) is 1.11. The fourth-order valence-corrected chi connectivity index (χ4v) is 5.26. The fourth-order valence-electron chi connectivity index (χ4n) is 3.84. The second-order valence-corrected chi connectivity index (χ2v) is 9.12. The van der Waals surface area contributed by atoms with Crippen LogP contribution in [0.2, 0.25) is 0 Å². The molecular formula is C18H27N7O2S. The molecule has 0 N–H and O–H groups in total. The second kappa shape index (κ2) is 7.67. The molecule has 2 fully saturated rings. The molecule has 0 atom stereocenters. The second-order valence-electron chi connectivity index (χ2n) is 7.23. The summed E-state index contributed by atoms with van der Waals surface area (Å²) in [4.78, 5) is 17.5. The molecule has 0 spiro atoms. The molecule has 2 saturated heterocycles. The number of imidazole rings is 1. The highest BCUT2D eigenvalue weighted by atomic mass is 32.2. The van der Waals surface area contributed by atoms with Crippen LogP contribution in [0.15, 0.2) is 23.6 Å². The van der Waals surface area contributed by atoms with E-state index in [1.807, 2.05) is 24.5 Å². The fraction of sp³-hybridized carbons (Fsp3) is 0.611. The van der Waals surface area contributed by atoms with Gasteiger partial charge < -0.3 is 14.4 Å². The molecule has 0 unspecified atom stereocenters. The van der Waals surface area contributed by atoms with Crippen molar-refractivity contribution in [3.8, 4) is 0 Å². The molecule has 0 amide bonds. The lowest BCUT2D eigenvalue weighted by atomic mass is 10.3. The number of hydrogen-bond acceptors (Lipinski definition) is 7. The van der Waals surface area contributed by atoms with Gasteiger partial charge >= 0.3 is 0 Å². The highest BCUT2D eigenvalue weighted by molar-refractivity contribution is 7.89. The minimum atomic E-state index is -3.57. The highest BCUT2D eigenvalue weighted by Crippen LogP contribution is 2.23. The standard InChI is InChI=1S/C18H27N7O2S/c1-3-22-13-18(21-15(22)2)28(26,27)25-10-8-24(9-11-25)17-12-16(19-14-20-17)23-6-4-5-7-23/h12-14H,3-11H2,1-2H3. The number of anilines is 2. The largest absolute Gasteiger partial charge is 0.356 e. The minimum absolute atomic E-state index is 0.138. The maximum Gasteiger partial charge on any atom is 0.262 e. The van der Waals surface area contributed by atoms with E-state index in [9.17, 15) is 8.42 Å². The predicted molar refractivity (Wildman–Crippen MR) is 107 cm³/mol. The van der Waals surface area contributed by atoms with Crippen molar-refractivity contribution in [3.63, 3.8) is 0 Å².